The van der Waals surface area contributed by atoms with Crippen LogP contribution in [0.1, 0.15) is 69.2 Å². The molecule has 0 radical (unpaired) electrons. The molecule has 0 rings (SSSR count). The van der Waals surface area contributed by atoms with E-state index in [1.165, 1.54) is 13.8 Å². The standard InChI is InChI=1S/C12H18O2.C5H8.C4H5ClO.C3H6O/c1-9(2)7-8-12(5,6)14-11(13)10(3)4;1-4-5(2)3;1-3(2)4(5)6;1-3(2)4/h9H,3H2,1-2,4-6H3;1,5H,2-3H3;1H2,2H3;1-2H3. The van der Waals surface area contributed by atoms with E-state index >= 15 is 0 Å². The zero-order valence-corrected chi connectivity index (χ0v) is 20.4. The van der Waals surface area contributed by atoms with Crippen molar-refractivity contribution >= 4 is 28.6 Å². The summed E-state index contributed by atoms with van der Waals surface area (Å²) in [5, 5.41) is -0.463. The summed E-state index contributed by atoms with van der Waals surface area (Å²) in [5.41, 5.74) is 0.0430. The molecule has 0 aliphatic carbocycles. The smallest absolute Gasteiger partial charge is 0.334 e. The quantitative estimate of drug-likeness (QED) is 0.251. The van der Waals surface area contributed by atoms with Gasteiger partial charge in [-0.25, -0.2) is 4.79 Å². The number of carbonyl (C=O) groups excluding carboxylic acids is 3. The Kier molecular flexibility index (Phi) is 22.5. The van der Waals surface area contributed by atoms with E-state index in [4.69, 9.17) is 22.8 Å². The molecule has 0 fully saturated rings. The number of ether oxygens (including phenoxy) is 1. The molecule has 4 nitrogen and oxygen atoms in total. The van der Waals surface area contributed by atoms with E-state index in [1.807, 2.05) is 27.7 Å². The molecule has 164 valence electrons. The average molecular weight is 425 g/mol. The SMILES string of the molecule is C#CC(C)C.C=C(C)C(=O)Cl.C=C(C)C(=O)OC(C)(C)C#CC(C)C.CC(C)=O. The number of hydrogen-bond donors (Lipinski definition) is 0. The minimum atomic E-state index is -0.736. The molecule has 0 spiro atoms. The van der Waals surface area contributed by atoms with E-state index in [0.29, 0.717) is 17.1 Å². The molecule has 0 aliphatic rings. The lowest BCUT2D eigenvalue weighted by Gasteiger charge is -2.18. The normalized spacial score (nSPS) is 8.83. The Morgan fingerprint density at radius 3 is 1.41 bits per heavy atom. The summed E-state index contributed by atoms with van der Waals surface area (Å²) in [6.07, 6.45) is 4.92. The highest BCUT2D eigenvalue weighted by atomic mass is 35.5. The van der Waals surface area contributed by atoms with E-state index < -0.39 is 16.8 Å². The van der Waals surface area contributed by atoms with Crippen LogP contribution in [0.15, 0.2) is 24.3 Å². The van der Waals surface area contributed by atoms with Gasteiger partial charge in [0, 0.05) is 23.0 Å². The lowest BCUT2D eigenvalue weighted by atomic mass is 10.1. The summed E-state index contributed by atoms with van der Waals surface area (Å²) in [6.45, 7) is 24.5. The maximum atomic E-state index is 11.2. The average Bonchev–Trinajstić information content (AvgIpc) is 2.53. The molecule has 0 aliphatic heterocycles. The molecule has 29 heavy (non-hydrogen) atoms. The number of rotatable bonds is 3. The highest BCUT2D eigenvalue weighted by molar-refractivity contribution is 6.67. The molecule has 0 aromatic rings. The van der Waals surface area contributed by atoms with Crippen LogP contribution in [0.4, 0.5) is 0 Å². The minimum Gasteiger partial charge on any atom is -0.443 e. The zero-order valence-electron chi connectivity index (χ0n) is 19.7. The van der Waals surface area contributed by atoms with Crippen LogP contribution in [-0.2, 0) is 19.1 Å². The van der Waals surface area contributed by atoms with Crippen molar-refractivity contribution in [3.63, 3.8) is 0 Å². The van der Waals surface area contributed by atoms with Crippen LogP contribution in [0.2, 0.25) is 0 Å². The minimum absolute atomic E-state index is 0.167. The van der Waals surface area contributed by atoms with Gasteiger partial charge in [0.25, 0.3) is 0 Å². The van der Waals surface area contributed by atoms with E-state index in [0.717, 1.165) is 0 Å². The Bertz CT molecular complexity index is 635. The Morgan fingerprint density at radius 2 is 1.24 bits per heavy atom. The zero-order chi connectivity index (χ0) is 24.4. The van der Waals surface area contributed by atoms with Crippen molar-refractivity contribution in [2.24, 2.45) is 11.8 Å². The van der Waals surface area contributed by atoms with Crippen LogP contribution in [0.25, 0.3) is 0 Å². The van der Waals surface area contributed by atoms with Crippen molar-refractivity contribution in [2.45, 2.75) is 74.8 Å². The fourth-order valence-electron chi connectivity index (χ4n) is 0.663. The van der Waals surface area contributed by atoms with Gasteiger partial charge < -0.3 is 9.53 Å². The molecule has 0 unspecified atom stereocenters. The van der Waals surface area contributed by atoms with Gasteiger partial charge in [0.15, 0.2) is 5.60 Å². The third kappa shape index (κ3) is 41.3. The van der Waals surface area contributed by atoms with Gasteiger partial charge in [0.2, 0.25) is 5.24 Å². The summed E-state index contributed by atoms with van der Waals surface area (Å²) in [4.78, 5) is 30.5. The van der Waals surface area contributed by atoms with Gasteiger partial charge in [-0.2, -0.15) is 0 Å². The maximum absolute atomic E-state index is 11.2. The molecular weight excluding hydrogens is 388 g/mol. The molecular formula is C24H37ClO4. The number of esters is 1. The molecule has 0 aromatic heterocycles. The van der Waals surface area contributed by atoms with Gasteiger partial charge >= 0.3 is 5.97 Å². The summed E-state index contributed by atoms with van der Waals surface area (Å²) in [7, 11) is 0. The number of ketones is 1. The molecule has 0 aromatic carbocycles. The first-order valence-corrected chi connectivity index (χ1v) is 9.47. The summed E-state index contributed by atoms with van der Waals surface area (Å²) < 4.78 is 5.14. The fourth-order valence-corrected chi connectivity index (χ4v) is 0.663. The van der Waals surface area contributed by atoms with Gasteiger partial charge in [0.05, 0.1) is 0 Å². The molecule has 5 heteroatoms. The van der Waals surface area contributed by atoms with Crippen LogP contribution in [0.5, 0.6) is 0 Å². The van der Waals surface area contributed by atoms with Crippen LogP contribution in [0, 0.1) is 36.0 Å². The maximum Gasteiger partial charge on any atom is 0.334 e. The van der Waals surface area contributed by atoms with E-state index in [1.54, 1.807) is 27.7 Å². The van der Waals surface area contributed by atoms with Crippen LogP contribution < -0.4 is 0 Å². The fraction of sp³-hybridized carbons (Fsp3) is 0.542. The molecule has 0 amide bonds. The van der Waals surface area contributed by atoms with Crippen molar-refractivity contribution in [3.8, 4) is 24.2 Å². The van der Waals surface area contributed by atoms with Gasteiger partial charge in [-0.05, 0) is 53.1 Å². The van der Waals surface area contributed by atoms with E-state index in [2.05, 4.69) is 30.9 Å². The predicted molar refractivity (Wildman–Crippen MR) is 123 cm³/mol. The highest BCUT2D eigenvalue weighted by Crippen LogP contribution is 2.10. The third-order valence-corrected chi connectivity index (χ3v) is 2.35. The summed E-state index contributed by atoms with van der Waals surface area (Å²) in [5.74, 6) is 8.87. The molecule has 0 saturated heterocycles. The number of carbonyl (C=O) groups is 3. The Morgan fingerprint density at radius 1 is 0.931 bits per heavy atom. The predicted octanol–water partition coefficient (Wildman–Crippen LogP) is 5.74. The first kappa shape index (κ1) is 34.2. The van der Waals surface area contributed by atoms with E-state index in [9.17, 15) is 14.4 Å². The lowest BCUT2D eigenvalue weighted by Crippen LogP contribution is -2.26. The topological polar surface area (TPSA) is 60.4 Å². The molecule has 0 N–H and O–H groups in total. The second-order valence-electron chi connectivity index (χ2n) is 7.39. The monoisotopic (exact) mass is 424 g/mol. The lowest BCUT2D eigenvalue weighted by molar-refractivity contribution is -0.146. The van der Waals surface area contributed by atoms with Crippen molar-refractivity contribution in [3.05, 3.63) is 24.3 Å². The molecule has 0 heterocycles. The first-order chi connectivity index (χ1) is 12.9. The Labute approximate surface area is 183 Å². The number of allylic oxidation sites excluding steroid dienone is 1. The third-order valence-electron chi connectivity index (χ3n) is 2.03. The van der Waals surface area contributed by atoms with E-state index in [-0.39, 0.29) is 11.7 Å². The van der Waals surface area contributed by atoms with Crippen molar-refractivity contribution in [1.82, 2.24) is 0 Å². The number of terminal acetylenes is 1. The number of Topliss-reactive ketones (excluding diaryl/α,β-unsaturated/α-hetero) is 1. The second-order valence-corrected chi connectivity index (χ2v) is 7.73. The summed E-state index contributed by atoms with van der Waals surface area (Å²) in [6, 6.07) is 0. The first-order valence-electron chi connectivity index (χ1n) is 9.09. The van der Waals surface area contributed by atoms with Gasteiger partial charge in [0.1, 0.15) is 5.78 Å². The molecule has 0 saturated carbocycles. The van der Waals surface area contributed by atoms with Crippen molar-refractivity contribution in [2.75, 3.05) is 0 Å². The van der Waals surface area contributed by atoms with Crippen molar-refractivity contribution < 1.29 is 19.1 Å². The van der Waals surface area contributed by atoms with Gasteiger partial charge in [-0.3, -0.25) is 4.79 Å². The number of halogens is 1. The molecule has 0 atom stereocenters. The highest BCUT2D eigenvalue weighted by Gasteiger charge is 2.20. The van der Waals surface area contributed by atoms with Gasteiger partial charge in [-0.1, -0.05) is 52.7 Å². The second kappa shape index (κ2) is 19.0. The molecule has 0 bridgehead atoms. The summed E-state index contributed by atoms with van der Waals surface area (Å²) >= 11 is 4.87. The van der Waals surface area contributed by atoms with Crippen LogP contribution in [0.3, 0.4) is 0 Å². The Balaban J connectivity index is -0.000000171. The van der Waals surface area contributed by atoms with Crippen LogP contribution in [-0.4, -0.2) is 22.6 Å². The largest absolute Gasteiger partial charge is 0.443 e. The van der Waals surface area contributed by atoms with Crippen molar-refractivity contribution in [1.29, 1.82) is 0 Å². The van der Waals surface area contributed by atoms with Crippen LogP contribution >= 0.6 is 11.6 Å². The Hall–Kier alpha value is -2.30. The van der Waals surface area contributed by atoms with Gasteiger partial charge in [-0.15, -0.1) is 12.3 Å². The number of hydrogen-bond acceptors (Lipinski definition) is 4.